The molecule has 0 amide bonds. The first kappa shape index (κ1) is 20.9. The van der Waals surface area contributed by atoms with Crippen LogP contribution in [0.4, 0.5) is 5.69 Å². The minimum absolute atomic E-state index is 0.112. The number of ether oxygens (including phenoxy) is 4. The zero-order valence-corrected chi connectivity index (χ0v) is 17.9. The number of hydrogen-bond acceptors (Lipinski definition) is 8. The Bertz CT molecular complexity index is 1290. The Morgan fingerprint density at radius 3 is 2.03 bits per heavy atom. The highest BCUT2D eigenvalue weighted by Crippen LogP contribution is 2.41. The maximum Gasteiger partial charge on any atom is 0.311 e. The van der Waals surface area contributed by atoms with E-state index < -0.39 is 4.92 Å². The average Bonchev–Trinajstić information content (AvgIpc) is 3.25. The van der Waals surface area contributed by atoms with Crippen LogP contribution in [0.25, 0.3) is 28.2 Å². The topological polar surface area (TPSA) is 110 Å². The van der Waals surface area contributed by atoms with Crippen LogP contribution in [0.3, 0.4) is 0 Å². The van der Waals surface area contributed by atoms with Gasteiger partial charge in [0.25, 0.3) is 0 Å². The molecule has 10 heteroatoms. The quantitative estimate of drug-likeness (QED) is 0.316. The van der Waals surface area contributed by atoms with E-state index >= 15 is 0 Å². The zero-order chi connectivity index (χ0) is 22.8. The van der Waals surface area contributed by atoms with Gasteiger partial charge in [-0.1, -0.05) is 6.07 Å². The number of pyridine rings is 1. The first-order valence-electron chi connectivity index (χ1n) is 9.48. The molecule has 4 rings (SSSR count). The number of aromatic nitrogens is 3. The van der Waals surface area contributed by atoms with Gasteiger partial charge in [0, 0.05) is 17.8 Å². The maximum absolute atomic E-state index is 11.4. The van der Waals surface area contributed by atoms with E-state index in [1.165, 1.54) is 34.5 Å². The Morgan fingerprint density at radius 1 is 0.781 bits per heavy atom. The highest BCUT2D eigenvalue weighted by atomic mass is 16.6. The van der Waals surface area contributed by atoms with Crippen LogP contribution in [-0.4, -0.2) is 48.0 Å². The van der Waals surface area contributed by atoms with Crippen molar-refractivity contribution in [3.05, 3.63) is 58.8 Å². The largest absolute Gasteiger partial charge is 0.493 e. The third-order valence-corrected chi connectivity index (χ3v) is 5.03. The zero-order valence-electron chi connectivity index (χ0n) is 17.9. The van der Waals surface area contributed by atoms with E-state index in [2.05, 4.69) is 10.2 Å². The third kappa shape index (κ3) is 3.51. The van der Waals surface area contributed by atoms with Crippen molar-refractivity contribution in [3.63, 3.8) is 0 Å². The van der Waals surface area contributed by atoms with Crippen LogP contribution in [0, 0.1) is 10.1 Å². The molecule has 2 aromatic heterocycles. The van der Waals surface area contributed by atoms with Gasteiger partial charge in [0.1, 0.15) is 0 Å². The standard InChI is InChI=1S/C22H20N4O6/c1-29-17-7-5-13(9-16(17)26(27)28)14-6-8-20-23-24-22(25(20)12-14)15-10-18(30-2)21(32-4)19(11-15)31-3/h5-12H,1-4H3. The number of rotatable bonds is 7. The lowest BCUT2D eigenvalue weighted by Crippen LogP contribution is -1.97. The Balaban J connectivity index is 1.86. The van der Waals surface area contributed by atoms with Crippen molar-refractivity contribution >= 4 is 11.3 Å². The molecule has 4 aromatic rings. The molecule has 0 bridgehead atoms. The Kier molecular flexibility index (Phi) is 5.50. The molecule has 0 atom stereocenters. The molecule has 0 saturated heterocycles. The second-order valence-corrected chi connectivity index (χ2v) is 6.73. The highest BCUT2D eigenvalue weighted by Gasteiger charge is 2.19. The SMILES string of the molecule is COc1ccc(-c2ccc3nnc(-c4cc(OC)c(OC)c(OC)c4)n3c2)cc1[N+](=O)[O-]. The molecular weight excluding hydrogens is 416 g/mol. The van der Waals surface area contributed by atoms with Gasteiger partial charge in [-0.25, -0.2) is 0 Å². The fourth-order valence-corrected chi connectivity index (χ4v) is 3.48. The molecule has 0 aliphatic carbocycles. The minimum atomic E-state index is -0.471. The van der Waals surface area contributed by atoms with E-state index in [1.807, 2.05) is 12.3 Å². The fraction of sp³-hybridized carbons (Fsp3) is 0.182. The first-order valence-corrected chi connectivity index (χ1v) is 9.48. The maximum atomic E-state index is 11.4. The molecule has 0 unspecified atom stereocenters. The van der Waals surface area contributed by atoms with Crippen molar-refractivity contribution in [3.8, 4) is 45.5 Å². The van der Waals surface area contributed by atoms with Crippen LogP contribution in [0.15, 0.2) is 48.7 Å². The predicted octanol–water partition coefficient (Wildman–Crippen LogP) is 4.01. The number of methoxy groups -OCH3 is 4. The van der Waals surface area contributed by atoms with Gasteiger partial charge in [-0.05, 0) is 41.5 Å². The van der Waals surface area contributed by atoms with E-state index in [4.69, 9.17) is 18.9 Å². The monoisotopic (exact) mass is 436 g/mol. The van der Waals surface area contributed by atoms with Crippen LogP contribution in [0.1, 0.15) is 0 Å². The lowest BCUT2D eigenvalue weighted by Gasteiger charge is -2.13. The first-order chi connectivity index (χ1) is 15.5. The number of fused-ring (bicyclic) bond motifs is 1. The van der Waals surface area contributed by atoms with Crippen LogP contribution >= 0.6 is 0 Å². The van der Waals surface area contributed by atoms with Crippen LogP contribution in [0.2, 0.25) is 0 Å². The molecule has 2 heterocycles. The van der Waals surface area contributed by atoms with E-state index in [1.54, 1.807) is 34.7 Å². The van der Waals surface area contributed by atoms with Crippen molar-refractivity contribution in [1.82, 2.24) is 14.6 Å². The summed E-state index contributed by atoms with van der Waals surface area (Å²) in [6, 6.07) is 12.0. The number of hydrogen-bond donors (Lipinski definition) is 0. The van der Waals surface area contributed by atoms with Crippen LogP contribution < -0.4 is 18.9 Å². The molecule has 0 aliphatic heterocycles. The van der Waals surface area contributed by atoms with Gasteiger partial charge < -0.3 is 18.9 Å². The molecule has 0 saturated carbocycles. The van der Waals surface area contributed by atoms with Crippen molar-refractivity contribution < 1.29 is 23.9 Å². The normalized spacial score (nSPS) is 10.8. The van der Waals surface area contributed by atoms with Crippen molar-refractivity contribution in [2.24, 2.45) is 0 Å². The lowest BCUT2D eigenvalue weighted by molar-refractivity contribution is -0.385. The summed E-state index contributed by atoms with van der Waals surface area (Å²) in [7, 11) is 6.01. The van der Waals surface area contributed by atoms with E-state index in [0.717, 1.165) is 5.56 Å². The summed E-state index contributed by atoms with van der Waals surface area (Å²) >= 11 is 0. The number of nitrogens with zero attached hydrogens (tertiary/aromatic N) is 4. The Hall–Kier alpha value is -4.34. The van der Waals surface area contributed by atoms with Crippen LogP contribution in [-0.2, 0) is 0 Å². The van der Waals surface area contributed by atoms with Gasteiger partial charge in [0.2, 0.25) is 5.75 Å². The molecule has 0 fully saturated rings. The second kappa shape index (κ2) is 8.42. The summed E-state index contributed by atoms with van der Waals surface area (Å²) in [5.74, 6) is 2.19. The molecule has 164 valence electrons. The molecular formula is C22H20N4O6. The van der Waals surface area contributed by atoms with Crippen molar-refractivity contribution in [2.75, 3.05) is 28.4 Å². The van der Waals surface area contributed by atoms with E-state index in [-0.39, 0.29) is 11.4 Å². The second-order valence-electron chi connectivity index (χ2n) is 6.73. The molecule has 0 aliphatic rings. The summed E-state index contributed by atoms with van der Waals surface area (Å²) in [5.41, 5.74) is 2.60. The van der Waals surface area contributed by atoms with E-state index in [0.29, 0.717) is 39.8 Å². The van der Waals surface area contributed by atoms with Gasteiger partial charge in [-0.3, -0.25) is 14.5 Å². The van der Waals surface area contributed by atoms with Gasteiger partial charge >= 0.3 is 5.69 Å². The summed E-state index contributed by atoms with van der Waals surface area (Å²) < 4.78 is 23.2. The number of benzene rings is 2. The highest BCUT2D eigenvalue weighted by molar-refractivity contribution is 5.72. The summed E-state index contributed by atoms with van der Waals surface area (Å²) in [6.07, 6.45) is 1.82. The molecule has 32 heavy (non-hydrogen) atoms. The Morgan fingerprint density at radius 2 is 1.44 bits per heavy atom. The van der Waals surface area contributed by atoms with Crippen molar-refractivity contribution in [1.29, 1.82) is 0 Å². The molecule has 2 aromatic carbocycles. The smallest absolute Gasteiger partial charge is 0.311 e. The van der Waals surface area contributed by atoms with Gasteiger partial charge in [-0.2, -0.15) is 0 Å². The summed E-state index contributed by atoms with van der Waals surface area (Å²) in [4.78, 5) is 10.9. The molecule has 0 spiro atoms. The molecule has 0 radical (unpaired) electrons. The van der Waals surface area contributed by atoms with Crippen LogP contribution in [0.5, 0.6) is 23.0 Å². The average molecular weight is 436 g/mol. The Labute approximate surface area is 183 Å². The third-order valence-electron chi connectivity index (χ3n) is 5.03. The summed E-state index contributed by atoms with van der Waals surface area (Å²) in [5, 5.41) is 20.0. The number of nitro benzene ring substituents is 1. The molecule has 10 nitrogen and oxygen atoms in total. The van der Waals surface area contributed by atoms with Gasteiger partial charge in [-0.15, -0.1) is 10.2 Å². The van der Waals surface area contributed by atoms with Gasteiger partial charge in [0.15, 0.2) is 28.7 Å². The predicted molar refractivity (Wildman–Crippen MR) is 117 cm³/mol. The number of nitro groups is 1. The molecule has 0 N–H and O–H groups in total. The summed E-state index contributed by atoms with van der Waals surface area (Å²) in [6.45, 7) is 0. The fourth-order valence-electron chi connectivity index (χ4n) is 3.48. The van der Waals surface area contributed by atoms with Crippen molar-refractivity contribution in [2.45, 2.75) is 0 Å². The van der Waals surface area contributed by atoms with Gasteiger partial charge in [0.05, 0.1) is 33.4 Å². The van der Waals surface area contributed by atoms with E-state index in [9.17, 15) is 10.1 Å². The minimum Gasteiger partial charge on any atom is -0.493 e. The lowest BCUT2D eigenvalue weighted by atomic mass is 10.1.